The number of thioether (sulfide) groups is 1. The van der Waals surface area contributed by atoms with E-state index >= 15 is 0 Å². The molecule has 0 aliphatic carbocycles. The summed E-state index contributed by atoms with van der Waals surface area (Å²) in [5.41, 5.74) is 0. The van der Waals surface area contributed by atoms with Crippen molar-refractivity contribution < 1.29 is 14.7 Å². The normalized spacial score (nSPS) is 16.4. The van der Waals surface area contributed by atoms with Crippen LogP contribution < -0.4 is 0 Å². The summed E-state index contributed by atoms with van der Waals surface area (Å²) in [5.74, 6) is -0.0558. The predicted molar refractivity (Wildman–Crippen MR) is 75.5 cm³/mol. The summed E-state index contributed by atoms with van der Waals surface area (Å²) in [6, 6.07) is 0. The number of rotatable bonds is 5. The zero-order valence-electron chi connectivity index (χ0n) is 11.5. The average Bonchev–Trinajstić information content (AvgIpc) is 2.82. The number of likely N-dealkylation sites (tertiary alicyclic amines) is 1. The van der Waals surface area contributed by atoms with Gasteiger partial charge in [0, 0.05) is 39.0 Å². The van der Waals surface area contributed by atoms with E-state index in [9.17, 15) is 9.59 Å². The number of nitrogens with zero attached hydrogens (tertiary/aromatic N) is 3. The van der Waals surface area contributed by atoms with Crippen molar-refractivity contribution in [1.29, 1.82) is 0 Å². The van der Waals surface area contributed by atoms with E-state index in [0.29, 0.717) is 18.8 Å². The molecule has 0 spiro atoms. The van der Waals surface area contributed by atoms with Crippen molar-refractivity contribution in [2.24, 2.45) is 13.0 Å². The monoisotopic (exact) mass is 297 g/mol. The third-order valence-corrected chi connectivity index (χ3v) is 4.58. The van der Waals surface area contributed by atoms with Crippen molar-refractivity contribution in [2.75, 3.05) is 18.8 Å². The summed E-state index contributed by atoms with van der Waals surface area (Å²) in [5, 5.41) is 9.60. The summed E-state index contributed by atoms with van der Waals surface area (Å²) in [6.07, 6.45) is 5.34. The molecule has 7 heteroatoms. The van der Waals surface area contributed by atoms with E-state index in [4.69, 9.17) is 5.11 Å². The maximum atomic E-state index is 12.1. The average molecular weight is 297 g/mol. The summed E-state index contributed by atoms with van der Waals surface area (Å²) in [6.45, 7) is 1.33. The van der Waals surface area contributed by atoms with Gasteiger partial charge in [-0.15, -0.1) is 0 Å². The third kappa shape index (κ3) is 4.00. The Bertz CT molecular complexity index is 481. The summed E-state index contributed by atoms with van der Waals surface area (Å²) < 4.78 is 1.89. The Kier molecular flexibility index (Phi) is 5.05. The molecule has 2 rings (SSSR count). The van der Waals surface area contributed by atoms with Crippen molar-refractivity contribution in [2.45, 2.75) is 24.4 Å². The van der Waals surface area contributed by atoms with Gasteiger partial charge in [0.2, 0.25) is 5.91 Å². The maximum Gasteiger partial charge on any atom is 0.303 e. The second-order valence-electron chi connectivity index (χ2n) is 5.03. The highest BCUT2D eigenvalue weighted by Gasteiger charge is 2.24. The van der Waals surface area contributed by atoms with Crippen LogP contribution in [-0.2, 0) is 16.6 Å². The van der Waals surface area contributed by atoms with Gasteiger partial charge >= 0.3 is 5.97 Å². The topological polar surface area (TPSA) is 75.4 Å². The van der Waals surface area contributed by atoms with Crippen molar-refractivity contribution in [1.82, 2.24) is 14.5 Å². The first kappa shape index (κ1) is 14.9. The number of aromatic nitrogens is 2. The van der Waals surface area contributed by atoms with Crippen LogP contribution in [0.2, 0.25) is 0 Å². The van der Waals surface area contributed by atoms with Crippen LogP contribution in [0, 0.1) is 5.92 Å². The van der Waals surface area contributed by atoms with Crippen LogP contribution in [0.25, 0.3) is 0 Å². The number of amides is 1. The van der Waals surface area contributed by atoms with Crippen LogP contribution in [0.15, 0.2) is 17.6 Å². The number of piperidine rings is 1. The summed E-state index contributed by atoms with van der Waals surface area (Å²) in [4.78, 5) is 28.7. The van der Waals surface area contributed by atoms with Crippen LogP contribution in [0.1, 0.15) is 19.3 Å². The van der Waals surface area contributed by atoms with Gasteiger partial charge in [0.1, 0.15) is 0 Å². The molecule has 1 aliphatic rings. The molecule has 1 aromatic heterocycles. The fraction of sp³-hybridized carbons (Fsp3) is 0.615. The van der Waals surface area contributed by atoms with Crippen LogP contribution >= 0.6 is 11.8 Å². The second-order valence-corrected chi connectivity index (χ2v) is 5.97. The molecule has 0 radical (unpaired) electrons. The highest BCUT2D eigenvalue weighted by molar-refractivity contribution is 7.99. The first-order valence-electron chi connectivity index (χ1n) is 6.66. The van der Waals surface area contributed by atoms with Gasteiger partial charge in [-0.1, -0.05) is 11.8 Å². The Labute approximate surface area is 122 Å². The molecule has 6 nitrogen and oxygen atoms in total. The van der Waals surface area contributed by atoms with Gasteiger partial charge in [0.05, 0.1) is 5.75 Å². The molecule has 2 heterocycles. The molecule has 1 fully saturated rings. The second kappa shape index (κ2) is 6.78. The van der Waals surface area contributed by atoms with Crippen LogP contribution in [0.5, 0.6) is 0 Å². The molecule has 110 valence electrons. The van der Waals surface area contributed by atoms with E-state index in [1.807, 2.05) is 22.7 Å². The molecular weight excluding hydrogens is 278 g/mol. The molecule has 1 amide bonds. The first-order chi connectivity index (χ1) is 9.56. The van der Waals surface area contributed by atoms with E-state index in [0.717, 1.165) is 18.0 Å². The van der Waals surface area contributed by atoms with Crippen LogP contribution in [0.4, 0.5) is 0 Å². The number of carboxylic acids is 1. The zero-order chi connectivity index (χ0) is 14.5. The lowest BCUT2D eigenvalue weighted by Crippen LogP contribution is -2.39. The van der Waals surface area contributed by atoms with E-state index < -0.39 is 5.97 Å². The molecule has 0 unspecified atom stereocenters. The Morgan fingerprint density at radius 2 is 2.15 bits per heavy atom. The van der Waals surface area contributed by atoms with Gasteiger partial charge in [-0.05, 0) is 18.8 Å². The van der Waals surface area contributed by atoms with E-state index in [2.05, 4.69) is 4.98 Å². The fourth-order valence-corrected chi connectivity index (χ4v) is 3.18. The van der Waals surface area contributed by atoms with Crippen molar-refractivity contribution in [3.05, 3.63) is 12.4 Å². The lowest BCUT2D eigenvalue weighted by molar-refractivity contribution is -0.138. The van der Waals surface area contributed by atoms with E-state index in [-0.39, 0.29) is 18.2 Å². The number of hydrogen-bond donors (Lipinski definition) is 1. The van der Waals surface area contributed by atoms with E-state index in [1.54, 1.807) is 6.20 Å². The van der Waals surface area contributed by atoms with Gasteiger partial charge in [-0.3, -0.25) is 9.59 Å². The number of imidazole rings is 1. The van der Waals surface area contributed by atoms with E-state index in [1.165, 1.54) is 11.8 Å². The lowest BCUT2D eigenvalue weighted by atomic mass is 9.94. The maximum absolute atomic E-state index is 12.1. The summed E-state index contributed by atoms with van der Waals surface area (Å²) in [7, 11) is 1.90. The highest BCUT2D eigenvalue weighted by Crippen LogP contribution is 2.22. The Morgan fingerprint density at radius 3 is 2.70 bits per heavy atom. The number of aliphatic carboxylic acids is 1. The molecule has 1 saturated heterocycles. The van der Waals surface area contributed by atoms with Crippen molar-refractivity contribution in [3.63, 3.8) is 0 Å². The molecule has 0 aromatic carbocycles. The van der Waals surface area contributed by atoms with Gasteiger partial charge in [-0.25, -0.2) is 4.98 Å². The van der Waals surface area contributed by atoms with Crippen LogP contribution in [-0.4, -0.2) is 50.3 Å². The first-order valence-corrected chi connectivity index (χ1v) is 7.64. The molecule has 1 N–H and O–H groups in total. The number of hydrogen-bond acceptors (Lipinski definition) is 4. The molecule has 0 atom stereocenters. The number of carboxylic acid groups (broad SMARTS) is 1. The van der Waals surface area contributed by atoms with Gasteiger partial charge in [0.25, 0.3) is 0 Å². The fourth-order valence-electron chi connectivity index (χ4n) is 2.34. The molecule has 20 heavy (non-hydrogen) atoms. The Morgan fingerprint density at radius 1 is 1.45 bits per heavy atom. The SMILES string of the molecule is Cn1ccnc1SCC(=O)N1CCC(CC(=O)O)CC1. The van der Waals surface area contributed by atoms with Crippen LogP contribution in [0.3, 0.4) is 0 Å². The largest absolute Gasteiger partial charge is 0.481 e. The third-order valence-electron chi connectivity index (χ3n) is 3.53. The lowest BCUT2D eigenvalue weighted by Gasteiger charge is -2.31. The molecular formula is C13H19N3O3S. The molecule has 1 aromatic rings. The zero-order valence-corrected chi connectivity index (χ0v) is 12.3. The van der Waals surface area contributed by atoms with Gasteiger partial charge < -0.3 is 14.6 Å². The van der Waals surface area contributed by atoms with Crippen molar-refractivity contribution in [3.8, 4) is 0 Å². The number of carbonyl (C=O) groups excluding carboxylic acids is 1. The number of aryl methyl sites for hydroxylation is 1. The Balaban J connectivity index is 1.74. The molecule has 1 aliphatic heterocycles. The number of carbonyl (C=O) groups is 2. The summed E-state index contributed by atoms with van der Waals surface area (Å²) >= 11 is 1.43. The van der Waals surface area contributed by atoms with Gasteiger partial charge in [-0.2, -0.15) is 0 Å². The highest BCUT2D eigenvalue weighted by atomic mass is 32.2. The van der Waals surface area contributed by atoms with Crippen molar-refractivity contribution >= 4 is 23.6 Å². The smallest absolute Gasteiger partial charge is 0.303 e. The van der Waals surface area contributed by atoms with Gasteiger partial charge in [0.15, 0.2) is 5.16 Å². The predicted octanol–water partition coefficient (Wildman–Crippen LogP) is 1.23. The molecule has 0 bridgehead atoms. The minimum atomic E-state index is -0.750. The minimum Gasteiger partial charge on any atom is -0.481 e. The quantitative estimate of drug-likeness (QED) is 0.827. The standard InChI is InChI=1S/C13H19N3O3S/c1-15-7-4-14-13(15)20-9-11(17)16-5-2-10(3-6-16)8-12(18)19/h4,7,10H,2-3,5-6,8-9H2,1H3,(H,18,19). The molecule has 0 saturated carbocycles. The Hall–Kier alpha value is -1.50. The minimum absolute atomic E-state index is 0.103.